The van der Waals surface area contributed by atoms with Gasteiger partial charge in [-0.15, -0.1) is 0 Å². The molecule has 1 saturated carbocycles. The van der Waals surface area contributed by atoms with Gasteiger partial charge in [0.15, 0.2) is 0 Å². The van der Waals surface area contributed by atoms with Gasteiger partial charge in [-0.05, 0) is 33.6 Å². The lowest BCUT2D eigenvalue weighted by atomic mass is 10.0. The number of nitrogens with one attached hydrogen (secondary N) is 1. The summed E-state index contributed by atoms with van der Waals surface area (Å²) in [6.45, 7) is 5.32. The van der Waals surface area contributed by atoms with E-state index in [2.05, 4.69) is 5.32 Å². The Hall–Kier alpha value is -1.26. The average Bonchev–Trinajstić information content (AvgIpc) is 2.47. The lowest BCUT2D eigenvalue weighted by molar-refractivity contribution is -0.142. The Bertz CT molecular complexity index is 282. The zero-order valence-corrected chi connectivity index (χ0v) is 9.95. The van der Waals surface area contributed by atoms with E-state index in [1.54, 1.807) is 20.8 Å². The van der Waals surface area contributed by atoms with E-state index in [4.69, 9.17) is 9.84 Å². The highest BCUT2D eigenvalue weighted by Gasteiger charge is 2.34. The van der Waals surface area contributed by atoms with Crippen LogP contribution in [-0.2, 0) is 9.53 Å². The van der Waals surface area contributed by atoms with E-state index in [0.717, 1.165) is 6.42 Å². The molecule has 0 aromatic rings. The summed E-state index contributed by atoms with van der Waals surface area (Å²) in [5.74, 6) is -1.33. The second kappa shape index (κ2) is 4.72. The first-order chi connectivity index (χ1) is 7.29. The van der Waals surface area contributed by atoms with Gasteiger partial charge in [0.05, 0.1) is 5.92 Å². The number of alkyl carbamates (subject to hydrolysis) is 1. The van der Waals surface area contributed by atoms with Gasteiger partial charge in [0.25, 0.3) is 0 Å². The molecule has 0 aromatic carbocycles. The van der Waals surface area contributed by atoms with Crippen LogP contribution in [0, 0.1) is 5.92 Å². The maximum absolute atomic E-state index is 11.5. The fraction of sp³-hybridized carbons (Fsp3) is 0.818. The Morgan fingerprint density at radius 3 is 2.44 bits per heavy atom. The lowest BCUT2D eigenvalue weighted by Gasteiger charge is -2.23. The SMILES string of the molecule is CC(C)(C)OC(=O)NC1CCCC1C(=O)O. The second-order valence-electron chi connectivity index (χ2n) is 5.13. The third-order valence-corrected chi connectivity index (χ3v) is 2.54. The predicted molar refractivity (Wildman–Crippen MR) is 58.1 cm³/mol. The highest BCUT2D eigenvalue weighted by atomic mass is 16.6. The number of amides is 1. The van der Waals surface area contributed by atoms with E-state index in [1.165, 1.54) is 0 Å². The van der Waals surface area contributed by atoms with Gasteiger partial charge in [-0.1, -0.05) is 6.42 Å². The Morgan fingerprint density at radius 2 is 1.94 bits per heavy atom. The van der Waals surface area contributed by atoms with Gasteiger partial charge in [0.2, 0.25) is 0 Å². The molecule has 5 heteroatoms. The first kappa shape index (κ1) is 12.8. The fourth-order valence-electron chi connectivity index (χ4n) is 1.89. The highest BCUT2D eigenvalue weighted by Crippen LogP contribution is 2.26. The van der Waals surface area contributed by atoms with Crippen molar-refractivity contribution >= 4 is 12.1 Å². The largest absolute Gasteiger partial charge is 0.481 e. The molecule has 0 aromatic heterocycles. The molecule has 16 heavy (non-hydrogen) atoms. The number of carbonyl (C=O) groups is 2. The number of hydrogen-bond donors (Lipinski definition) is 2. The van der Waals surface area contributed by atoms with E-state index in [-0.39, 0.29) is 6.04 Å². The Morgan fingerprint density at radius 1 is 1.31 bits per heavy atom. The summed E-state index contributed by atoms with van der Waals surface area (Å²) < 4.78 is 5.08. The number of hydrogen-bond acceptors (Lipinski definition) is 3. The van der Waals surface area contributed by atoms with Crippen molar-refractivity contribution in [2.75, 3.05) is 0 Å². The van der Waals surface area contributed by atoms with Gasteiger partial charge in [-0.2, -0.15) is 0 Å². The Labute approximate surface area is 95.2 Å². The standard InChI is InChI=1S/C11H19NO4/c1-11(2,3)16-10(15)12-8-6-4-5-7(8)9(13)14/h7-8H,4-6H2,1-3H3,(H,12,15)(H,13,14). The first-order valence-electron chi connectivity index (χ1n) is 5.52. The maximum Gasteiger partial charge on any atom is 0.407 e. The van der Waals surface area contributed by atoms with Crippen molar-refractivity contribution in [2.24, 2.45) is 5.92 Å². The normalized spacial score (nSPS) is 25.2. The zero-order chi connectivity index (χ0) is 12.3. The average molecular weight is 229 g/mol. The summed E-state index contributed by atoms with van der Waals surface area (Å²) in [5, 5.41) is 11.6. The molecule has 2 unspecified atom stereocenters. The molecule has 1 aliphatic rings. The van der Waals surface area contributed by atoms with Gasteiger partial charge in [0.1, 0.15) is 5.60 Å². The number of carboxylic acid groups (broad SMARTS) is 1. The Balaban J connectivity index is 2.47. The second-order valence-corrected chi connectivity index (χ2v) is 5.13. The molecule has 0 heterocycles. The molecule has 0 saturated heterocycles. The highest BCUT2D eigenvalue weighted by molar-refractivity contribution is 5.74. The molecule has 0 radical (unpaired) electrons. The van der Waals surface area contributed by atoms with E-state index in [1.807, 2.05) is 0 Å². The van der Waals surface area contributed by atoms with Crippen molar-refractivity contribution in [1.29, 1.82) is 0 Å². The molecule has 5 nitrogen and oxygen atoms in total. The molecule has 1 fully saturated rings. The Kier molecular flexibility index (Phi) is 3.78. The zero-order valence-electron chi connectivity index (χ0n) is 9.95. The van der Waals surface area contributed by atoms with Gasteiger partial charge in [-0.25, -0.2) is 4.79 Å². The van der Waals surface area contributed by atoms with Crippen LogP contribution in [0.3, 0.4) is 0 Å². The van der Waals surface area contributed by atoms with Crippen LogP contribution in [0.4, 0.5) is 4.79 Å². The third-order valence-electron chi connectivity index (χ3n) is 2.54. The summed E-state index contributed by atoms with van der Waals surface area (Å²) in [6, 6.07) is -0.299. The molecule has 92 valence electrons. The van der Waals surface area contributed by atoms with Crippen molar-refractivity contribution < 1.29 is 19.4 Å². The summed E-state index contributed by atoms with van der Waals surface area (Å²) in [6.07, 6.45) is 1.62. The number of ether oxygens (including phenoxy) is 1. The third kappa shape index (κ3) is 3.72. The lowest BCUT2D eigenvalue weighted by Crippen LogP contribution is -2.42. The smallest absolute Gasteiger partial charge is 0.407 e. The van der Waals surface area contributed by atoms with Gasteiger partial charge >= 0.3 is 12.1 Å². The fourth-order valence-corrected chi connectivity index (χ4v) is 1.89. The van der Waals surface area contributed by atoms with Gasteiger partial charge in [-0.3, -0.25) is 4.79 Å². The molecular formula is C11H19NO4. The van der Waals surface area contributed by atoms with E-state index in [9.17, 15) is 9.59 Å². The summed E-state index contributed by atoms with van der Waals surface area (Å²) in [4.78, 5) is 22.3. The molecule has 2 atom stereocenters. The number of carbonyl (C=O) groups excluding carboxylic acids is 1. The van der Waals surface area contributed by atoms with Crippen LogP contribution in [0.15, 0.2) is 0 Å². The molecule has 1 amide bonds. The van der Waals surface area contributed by atoms with Crippen LogP contribution in [0.2, 0.25) is 0 Å². The monoisotopic (exact) mass is 229 g/mol. The molecule has 2 N–H and O–H groups in total. The van der Waals surface area contributed by atoms with Crippen molar-refractivity contribution in [1.82, 2.24) is 5.32 Å². The van der Waals surface area contributed by atoms with Crippen molar-refractivity contribution in [3.63, 3.8) is 0 Å². The summed E-state index contributed by atoms with van der Waals surface area (Å²) in [7, 11) is 0. The molecule has 1 rings (SSSR count). The molecule has 0 aliphatic heterocycles. The molecule has 0 spiro atoms. The summed E-state index contributed by atoms with van der Waals surface area (Å²) >= 11 is 0. The van der Waals surface area contributed by atoms with Crippen LogP contribution in [0.1, 0.15) is 40.0 Å². The van der Waals surface area contributed by atoms with Crippen molar-refractivity contribution in [3.8, 4) is 0 Å². The van der Waals surface area contributed by atoms with Crippen LogP contribution < -0.4 is 5.32 Å². The molecule has 1 aliphatic carbocycles. The van der Waals surface area contributed by atoms with Crippen molar-refractivity contribution in [2.45, 2.75) is 51.7 Å². The topological polar surface area (TPSA) is 75.6 Å². The van der Waals surface area contributed by atoms with Crippen molar-refractivity contribution in [3.05, 3.63) is 0 Å². The minimum atomic E-state index is -0.849. The minimum Gasteiger partial charge on any atom is -0.481 e. The quantitative estimate of drug-likeness (QED) is 0.756. The van der Waals surface area contributed by atoms with Gasteiger partial charge < -0.3 is 15.2 Å². The van der Waals surface area contributed by atoms with Crippen LogP contribution >= 0.6 is 0 Å². The van der Waals surface area contributed by atoms with E-state index >= 15 is 0 Å². The minimum absolute atomic E-state index is 0.299. The molecule has 0 bridgehead atoms. The molecular weight excluding hydrogens is 210 g/mol. The van der Waals surface area contributed by atoms with Crippen LogP contribution in [0.25, 0.3) is 0 Å². The van der Waals surface area contributed by atoms with Crippen LogP contribution in [0.5, 0.6) is 0 Å². The van der Waals surface area contributed by atoms with Crippen LogP contribution in [-0.4, -0.2) is 28.8 Å². The van der Waals surface area contributed by atoms with E-state index in [0.29, 0.717) is 12.8 Å². The number of aliphatic carboxylic acids is 1. The van der Waals surface area contributed by atoms with E-state index < -0.39 is 23.6 Å². The predicted octanol–water partition coefficient (Wildman–Crippen LogP) is 1.76. The summed E-state index contributed by atoms with van der Waals surface area (Å²) in [5.41, 5.74) is -0.554. The van der Waals surface area contributed by atoms with Gasteiger partial charge in [0, 0.05) is 6.04 Å². The number of rotatable bonds is 2. The first-order valence-corrected chi connectivity index (χ1v) is 5.52. The number of carboxylic acids is 1. The maximum atomic E-state index is 11.5.